The van der Waals surface area contributed by atoms with E-state index in [9.17, 15) is 18.0 Å². The Morgan fingerprint density at radius 1 is 0.951 bits per heavy atom. The Kier molecular flexibility index (Phi) is 11.2. The Morgan fingerprint density at radius 3 is 2.22 bits per heavy atom. The summed E-state index contributed by atoms with van der Waals surface area (Å²) in [6.45, 7) is 7.59. The van der Waals surface area contributed by atoms with E-state index >= 15 is 0 Å². The fraction of sp³-hybridized carbons (Fsp3) is 0.355. The number of aryl methyl sites for hydroxylation is 2. The maximum atomic E-state index is 14.2. The van der Waals surface area contributed by atoms with Gasteiger partial charge in [0.05, 0.1) is 11.9 Å². The smallest absolute Gasteiger partial charge is 0.244 e. The molecule has 0 fully saturated rings. The molecule has 0 aliphatic rings. The SMILES string of the molecule is Cc1ccc(N(CC(=O)N(Cc2ccc(Cl)cc2Cl)[C@@H](Cc2ccccc2)C(=O)NCC(C)C)S(C)(=O)=O)c(C)c1. The fourth-order valence-electron chi connectivity index (χ4n) is 4.49. The predicted molar refractivity (Wildman–Crippen MR) is 167 cm³/mol. The number of amides is 2. The van der Waals surface area contributed by atoms with E-state index < -0.39 is 28.5 Å². The van der Waals surface area contributed by atoms with E-state index in [0.717, 1.165) is 21.7 Å². The minimum Gasteiger partial charge on any atom is -0.354 e. The number of hydrogen-bond donors (Lipinski definition) is 1. The molecule has 3 rings (SSSR count). The second-order valence-electron chi connectivity index (χ2n) is 10.7. The third kappa shape index (κ3) is 9.21. The van der Waals surface area contributed by atoms with E-state index in [-0.39, 0.29) is 24.8 Å². The molecule has 0 aliphatic heterocycles. The van der Waals surface area contributed by atoms with Gasteiger partial charge in [-0.05, 0) is 54.7 Å². The van der Waals surface area contributed by atoms with Gasteiger partial charge in [-0.1, -0.05) is 91.1 Å². The molecule has 3 aromatic rings. The van der Waals surface area contributed by atoms with Crippen molar-refractivity contribution in [3.05, 3.63) is 99.0 Å². The van der Waals surface area contributed by atoms with Gasteiger partial charge in [-0.3, -0.25) is 13.9 Å². The van der Waals surface area contributed by atoms with E-state index in [4.69, 9.17) is 23.2 Å². The molecule has 0 unspecified atom stereocenters. The number of carbonyl (C=O) groups is 2. The Morgan fingerprint density at radius 2 is 1.63 bits per heavy atom. The van der Waals surface area contributed by atoms with Gasteiger partial charge in [-0.15, -0.1) is 0 Å². The van der Waals surface area contributed by atoms with Crippen molar-refractivity contribution in [3.63, 3.8) is 0 Å². The third-order valence-electron chi connectivity index (χ3n) is 6.61. The van der Waals surface area contributed by atoms with Gasteiger partial charge in [-0.2, -0.15) is 0 Å². The van der Waals surface area contributed by atoms with E-state index in [1.807, 2.05) is 57.2 Å². The fourth-order valence-corrected chi connectivity index (χ4v) is 5.87. The molecule has 0 heterocycles. The van der Waals surface area contributed by atoms with Crippen molar-refractivity contribution in [1.29, 1.82) is 0 Å². The van der Waals surface area contributed by atoms with Crippen LogP contribution in [0.4, 0.5) is 5.69 Å². The lowest BCUT2D eigenvalue weighted by Gasteiger charge is -2.34. The standard InChI is InChI=1S/C31H37Cl2N3O4S/c1-21(2)18-34-31(38)29(16-24-9-7-6-8-10-24)35(19-25-12-13-26(32)17-27(25)33)30(37)20-36(41(5,39)40)28-14-11-22(3)15-23(28)4/h6-15,17,21,29H,16,18-20H2,1-5H3,(H,34,38)/t29-/m0/s1. The van der Waals surface area contributed by atoms with Gasteiger partial charge in [-0.25, -0.2) is 8.42 Å². The molecule has 41 heavy (non-hydrogen) atoms. The van der Waals surface area contributed by atoms with Crippen LogP contribution in [-0.2, 0) is 32.6 Å². The highest BCUT2D eigenvalue weighted by Gasteiger charge is 2.33. The van der Waals surface area contributed by atoms with Gasteiger partial charge in [0.25, 0.3) is 0 Å². The van der Waals surface area contributed by atoms with Crippen LogP contribution in [0, 0.1) is 19.8 Å². The molecule has 0 aromatic heterocycles. The summed E-state index contributed by atoms with van der Waals surface area (Å²) >= 11 is 12.6. The van der Waals surface area contributed by atoms with Gasteiger partial charge in [0.1, 0.15) is 12.6 Å². The quantitative estimate of drug-likeness (QED) is 0.279. The number of nitrogens with zero attached hydrogens (tertiary/aromatic N) is 2. The lowest BCUT2D eigenvalue weighted by Crippen LogP contribution is -2.53. The molecular formula is C31H37Cl2N3O4S. The van der Waals surface area contributed by atoms with Crippen molar-refractivity contribution in [1.82, 2.24) is 10.2 Å². The first-order chi connectivity index (χ1) is 19.3. The monoisotopic (exact) mass is 617 g/mol. The summed E-state index contributed by atoms with van der Waals surface area (Å²) in [7, 11) is -3.85. The van der Waals surface area contributed by atoms with Gasteiger partial charge in [0, 0.05) is 29.6 Å². The Bertz CT molecular complexity index is 1480. The molecule has 10 heteroatoms. The number of anilines is 1. The number of carbonyl (C=O) groups excluding carboxylic acids is 2. The van der Waals surface area contributed by atoms with Crippen LogP contribution in [0.2, 0.25) is 10.0 Å². The highest BCUT2D eigenvalue weighted by atomic mass is 35.5. The highest BCUT2D eigenvalue weighted by molar-refractivity contribution is 7.92. The van der Waals surface area contributed by atoms with Crippen LogP contribution >= 0.6 is 23.2 Å². The summed E-state index contributed by atoms with van der Waals surface area (Å²) in [5.41, 5.74) is 3.52. The zero-order valence-electron chi connectivity index (χ0n) is 24.0. The summed E-state index contributed by atoms with van der Waals surface area (Å²) in [5, 5.41) is 3.73. The second-order valence-corrected chi connectivity index (χ2v) is 13.4. The summed E-state index contributed by atoms with van der Waals surface area (Å²) in [5.74, 6) is -0.683. The molecule has 0 radical (unpaired) electrons. The average molecular weight is 619 g/mol. The van der Waals surface area contributed by atoms with Crippen LogP contribution in [0.1, 0.15) is 36.1 Å². The topological polar surface area (TPSA) is 86.8 Å². The van der Waals surface area contributed by atoms with E-state index in [0.29, 0.717) is 33.4 Å². The number of sulfonamides is 1. The van der Waals surface area contributed by atoms with Gasteiger partial charge < -0.3 is 10.2 Å². The molecule has 0 saturated carbocycles. The molecule has 1 N–H and O–H groups in total. The summed E-state index contributed by atoms with van der Waals surface area (Å²) < 4.78 is 27.1. The Hall–Kier alpha value is -3.07. The second kappa shape index (κ2) is 14.2. The van der Waals surface area contributed by atoms with Crippen LogP contribution < -0.4 is 9.62 Å². The largest absolute Gasteiger partial charge is 0.354 e. The maximum absolute atomic E-state index is 14.2. The minimum atomic E-state index is -3.85. The van der Waals surface area contributed by atoms with Crippen molar-refractivity contribution >= 4 is 50.7 Å². The van der Waals surface area contributed by atoms with E-state index in [2.05, 4.69) is 5.32 Å². The van der Waals surface area contributed by atoms with E-state index in [1.54, 1.807) is 37.3 Å². The first-order valence-electron chi connectivity index (χ1n) is 13.4. The van der Waals surface area contributed by atoms with E-state index in [1.165, 1.54) is 4.90 Å². The van der Waals surface area contributed by atoms with Crippen LogP contribution in [0.25, 0.3) is 0 Å². The first kappa shape index (κ1) is 32.4. The normalized spacial score (nSPS) is 12.2. The number of nitrogens with one attached hydrogen (secondary N) is 1. The molecule has 1 atom stereocenters. The predicted octanol–water partition coefficient (Wildman–Crippen LogP) is 5.79. The summed E-state index contributed by atoms with van der Waals surface area (Å²) in [6, 6.07) is 18.7. The molecule has 220 valence electrons. The van der Waals surface area contributed by atoms with Crippen molar-refractivity contribution in [3.8, 4) is 0 Å². The third-order valence-corrected chi connectivity index (χ3v) is 8.33. The van der Waals surface area contributed by atoms with Crippen LogP contribution in [0.5, 0.6) is 0 Å². The van der Waals surface area contributed by atoms with Gasteiger partial charge in [0.2, 0.25) is 21.8 Å². The van der Waals surface area contributed by atoms with Crippen molar-refractivity contribution in [2.75, 3.05) is 23.7 Å². The molecule has 3 aromatic carbocycles. The highest BCUT2D eigenvalue weighted by Crippen LogP contribution is 2.27. The lowest BCUT2D eigenvalue weighted by molar-refractivity contribution is -0.140. The molecule has 2 amide bonds. The van der Waals surface area contributed by atoms with Gasteiger partial charge in [0.15, 0.2) is 0 Å². The average Bonchev–Trinajstić information content (AvgIpc) is 2.89. The molecule has 0 saturated heterocycles. The minimum absolute atomic E-state index is 0.0219. The van der Waals surface area contributed by atoms with Crippen molar-refractivity contribution in [2.45, 2.75) is 46.7 Å². The number of rotatable bonds is 12. The molecule has 7 nitrogen and oxygen atoms in total. The number of halogens is 2. The van der Waals surface area contributed by atoms with Crippen LogP contribution in [-0.4, -0.2) is 50.5 Å². The maximum Gasteiger partial charge on any atom is 0.244 e. The Balaban J connectivity index is 2.09. The molecule has 0 aliphatic carbocycles. The molecule has 0 bridgehead atoms. The molecule has 0 spiro atoms. The zero-order valence-corrected chi connectivity index (χ0v) is 26.4. The summed E-state index contributed by atoms with van der Waals surface area (Å²) in [4.78, 5) is 29.3. The lowest BCUT2D eigenvalue weighted by atomic mass is 10.0. The van der Waals surface area contributed by atoms with Gasteiger partial charge >= 0.3 is 0 Å². The molecular weight excluding hydrogens is 581 g/mol. The first-order valence-corrected chi connectivity index (χ1v) is 16.0. The van der Waals surface area contributed by atoms with Crippen molar-refractivity contribution < 1.29 is 18.0 Å². The Labute approximate surface area is 253 Å². The zero-order chi connectivity index (χ0) is 30.3. The van der Waals surface area contributed by atoms with Crippen LogP contribution in [0.3, 0.4) is 0 Å². The van der Waals surface area contributed by atoms with Crippen molar-refractivity contribution in [2.24, 2.45) is 5.92 Å². The summed E-state index contributed by atoms with van der Waals surface area (Å²) in [6.07, 6.45) is 1.29. The number of hydrogen-bond acceptors (Lipinski definition) is 4. The number of benzene rings is 3. The van der Waals surface area contributed by atoms with Crippen LogP contribution in [0.15, 0.2) is 66.7 Å².